The van der Waals surface area contributed by atoms with E-state index in [2.05, 4.69) is 29.8 Å². The Morgan fingerprint density at radius 2 is 2.02 bits per heavy atom. The zero-order valence-corrected chi connectivity index (χ0v) is 24.3. The number of amides is 1. The van der Waals surface area contributed by atoms with Crippen molar-refractivity contribution >= 4 is 39.9 Å². The van der Waals surface area contributed by atoms with Crippen LogP contribution in [0.1, 0.15) is 54.6 Å². The van der Waals surface area contributed by atoms with E-state index in [0.717, 1.165) is 24.3 Å². The van der Waals surface area contributed by atoms with Gasteiger partial charge in [-0.25, -0.2) is 4.39 Å². The largest absolute Gasteiger partial charge is 0.573 e. The minimum Gasteiger partial charge on any atom is -0.461 e. The van der Waals surface area contributed by atoms with E-state index in [1.165, 1.54) is 12.3 Å². The first-order valence-electron chi connectivity index (χ1n) is 14.6. The molecule has 1 aromatic carbocycles. The van der Waals surface area contributed by atoms with Crippen molar-refractivity contribution in [1.82, 2.24) is 25.1 Å². The van der Waals surface area contributed by atoms with Crippen LogP contribution in [0.4, 0.5) is 29.1 Å². The number of fused-ring (bicyclic) bond motifs is 3. The van der Waals surface area contributed by atoms with Gasteiger partial charge < -0.3 is 19.5 Å². The van der Waals surface area contributed by atoms with Gasteiger partial charge in [0.2, 0.25) is 0 Å². The number of halogens is 5. The molecule has 16 heteroatoms. The number of nitrogens with zero attached hydrogens (tertiary/aromatic N) is 6. The Labute approximate surface area is 254 Å². The molecule has 2 aromatic heterocycles. The number of hydrogen-bond acceptors (Lipinski definition) is 9. The van der Waals surface area contributed by atoms with Gasteiger partial charge in [-0.1, -0.05) is 11.6 Å². The van der Waals surface area contributed by atoms with Crippen LogP contribution in [-0.2, 0) is 6.54 Å². The molecule has 3 fully saturated rings. The molecule has 0 spiro atoms. The minimum absolute atomic E-state index is 0.00644. The van der Waals surface area contributed by atoms with E-state index < -0.39 is 35.8 Å². The summed E-state index contributed by atoms with van der Waals surface area (Å²) in [7, 11) is 0. The lowest BCUT2D eigenvalue weighted by atomic mass is 9.95. The molecule has 1 unspecified atom stereocenters. The number of benzene rings is 1. The summed E-state index contributed by atoms with van der Waals surface area (Å²) in [6.45, 7) is 1.96. The molecule has 0 aliphatic carbocycles. The number of H-pyrrole nitrogens is 1. The molecule has 2 N–H and O–H groups in total. The Bertz CT molecular complexity index is 1610. The molecule has 44 heavy (non-hydrogen) atoms. The number of aromatic amines is 1. The van der Waals surface area contributed by atoms with Gasteiger partial charge in [0.05, 0.1) is 46.3 Å². The van der Waals surface area contributed by atoms with Crippen molar-refractivity contribution in [2.45, 2.75) is 69.2 Å². The Balaban J connectivity index is 1.29. The highest BCUT2D eigenvalue weighted by atomic mass is 35.5. The average Bonchev–Trinajstić information content (AvgIpc) is 3.68. The van der Waals surface area contributed by atoms with E-state index in [4.69, 9.17) is 16.3 Å². The molecule has 3 atom stereocenters. The quantitative estimate of drug-likeness (QED) is 0.379. The first kappa shape index (κ1) is 29.3. The number of nitrogens with one attached hydrogen (secondary N) is 1. The summed E-state index contributed by atoms with van der Waals surface area (Å²) >= 11 is 6.25. The number of ether oxygens (including phenoxy) is 2. The van der Waals surface area contributed by atoms with Crippen molar-refractivity contribution in [2.75, 3.05) is 42.6 Å². The van der Waals surface area contributed by atoms with E-state index in [-0.39, 0.29) is 52.3 Å². The predicted molar refractivity (Wildman–Crippen MR) is 151 cm³/mol. The van der Waals surface area contributed by atoms with Crippen molar-refractivity contribution in [2.24, 2.45) is 0 Å². The second kappa shape index (κ2) is 10.9. The smallest absolute Gasteiger partial charge is 0.461 e. The molecule has 3 saturated heterocycles. The van der Waals surface area contributed by atoms with Gasteiger partial charge in [-0.15, -0.1) is 13.2 Å². The highest BCUT2D eigenvalue weighted by Gasteiger charge is 2.50. The molecule has 4 aliphatic heterocycles. The second-order valence-electron chi connectivity index (χ2n) is 11.9. The van der Waals surface area contributed by atoms with Crippen LogP contribution >= 0.6 is 11.6 Å². The Morgan fingerprint density at radius 3 is 2.84 bits per heavy atom. The van der Waals surface area contributed by atoms with Crippen molar-refractivity contribution in [3.05, 3.63) is 28.5 Å². The molecule has 11 nitrogen and oxygen atoms in total. The predicted octanol–water partition coefficient (Wildman–Crippen LogP) is 4.37. The van der Waals surface area contributed by atoms with Crippen molar-refractivity contribution < 1.29 is 36.9 Å². The van der Waals surface area contributed by atoms with Gasteiger partial charge in [0.1, 0.15) is 24.2 Å². The normalized spacial score (nSPS) is 25.9. The fraction of sp³-hybridized carbons (Fsp3) is 0.571. The summed E-state index contributed by atoms with van der Waals surface area (Å²) in [6, 6.07) is 1.24. The standard InChI is InChI=1S/C28H30ClF4N7O4/c29-18-9-19-17(11-34-37-19)22(23(18)44-28(31,32)33)40-13-20-21(25(40)42)24(38-6-1-3-16(41)4-8-38)36-26(35-20)43-14-27-5-2-7-39(27)12-15(30)10-27/h9,11,15-16,41H,1-8,10,12-14H2,(H,34,37)/t15-,16?,27+/m1/s1. The van der Waals surface area contributed by atoms with Gasteiger partial charge in [0.15, 0.2) is 5.75 Å². The third-order valence-corrected chi connectivity index (χ3v) is 9.33. The zero-order valence-electron chi connectivity index (χ0n) is 23.5. The lowest BCUT2D eigenvalue weighted by Gasteiger charge is -2.31. The fourth-order valence-corrected chi connectivity index (χ4v) is 7.31. The number of aromatic nitrogens is 4. The van der Waals surface area contributed by atoms with Gasteiger partial charge >= 0.3 is 12.4 Å². The Morgan fingerprint density at radius 1 is 1.18 bits per heavy atom. The number of anilines is 2. The SMILES string of the molecule is O=C1c2c(nc(OC[C@@]34CCCN3C[C@H](F)C4)nc2N2CCCC(O)CC2)CN1c1c(OC(F)(F)F)c(Cl)cc2[nH]ncc12. The van der Waals surface area contributed by atoms with Crippen LogP contribution in [0.15, 0.2) is 12.3 Å². The van der Waals surface area contributed by atoms with Crippen LogP contribution < -0.4 is 19.3 Å². The van der Waals surface area contributed by atoms with E-state index in [9.17, 15) is 27.5 Å². The summed E-state index contributed by atoms with van der Waals surface area (Å²) in [6.07, 6.45) is -1.54. The maximum atomic E-state index is 14.4. The summed E-state index contributed by atoms with van der Waals surface area (Å²) in [5.74, 6) is -1.11. The minimum atomic E-state index is -5.09. The van der Waals surface area contributed by atoms with Crippen LogP contribution in [0, 0.1) is 0 Å². The molecule has 0 saturated carbocycles. The number of carbonyl (C=O) groups excluding carboxylic acids is 1. The van der Waals surface area contributed by atoms with Gasteiger partial charge in [-0.05, 0) is 44.7 Å². The van der Waals surface area contributed by atoms with Crippen LogP contribution in [-0.4, -0.2) is 93.0 Å². The Kier molecular flexibility index (Phi) is 7.24. The number of aliphatic hydroxyl groups is 1. The van der Waals surface area contributed by atoms with Gasteiger partial charge in [-0.2, -0.15) is 15.1 Å². The molecular formula is C28H30ClF4N7O4. The molecule has 236 valence electrons. The first-order valence-corrected chi connectivity index (χ1v) is 15.0. The number of hydrogen-bond donors (Lipinski definition) is 2. The molecular weight excluding hydrogens is 610 g/mol. The molecule has 1 amide bonds. The molecule has 0 radical (unpaired) electrons. The van der Waals surface area contributed by atoms with Gasteiger partial charge in [0.25, 0.3) is 5.91 Å². The maximum Gasteiger partial charge on any atom is 0.573 e. The number of carbonyl (C=O) groups is 1. The highest BCUT2D eigenvalue weighted by molar-refractivity contribution is 6.34. The van der Waals surface area contributed by atoms with E-state index in [0.29, 0.717) is 50.8 Å². The molecule has 3 aromatic rings. The molecule has 4 aliphatic rings. The molecule has 6 heterocycles. The number of alkyl halides is 4. The summed E-state index contributed by atoms with van der Waals surface area (Å²) < 4.78 is 65.5. The van der Waals surface area contributed by atoms with Gasteiger partial charge in [-0.3, -0.25) is 19.7 Å². The average molecular weight is 640 g/mol. The summed E-state index contributed by atoms with van der Waals surface area (Å²) in [5, 5.41) is 16.7. The highest BCUT2D eigenvalue weighted by Crippen LogP contribution is 2.47. The van der Waals surface area contributed by atoms with Crippen molar-refractivity contribution in [1.29, 1.82) is 0 Å². The lowest BCUT2D eigenvalue weighted by Crippen LogP contribution is -2.43. The third kappa shape index (κ3) is 5.17. The zero-order chi connectivity index (χ0) is 30.8. The van der Waals surface area contributed by atoms with E-state index >= 15 is 0 Å². The maximum absolute atomic E-state index is 14.4. The van der Waals surface area contributed by atoms with Gasteiger partial charge in [0, 0.05) is 31.4 Å². The summed E-state index contributed by atoms with van der Waals surface area (Å²) in [4.78, 5) is 28.5. The summed E-state index contributed by atoms with van der Waals surface area (Å²) in [5.41, 5.74) is 0.0112. The second-order valence-corrected chi connectivity index (χ2v) is 12.3. The number of aliphatic hydroxyl groups excluding tert-OH is 1. The van der Waals surface area contributed by atoms with Crippen LogP contribution in [0.2, 0.25) is 5.02 Å². The van der Waals surface area contributed by atoms with Crippen LogP contribution in [0.5, 0.6) is 11.8 Å². The third-order valence-electron chi connectivity index (χ3n) is 9.05. The molecule has 7 rings (SSSR count). The van der Waals surface area contributed by atoms with E-state index in [1.54, 1.807) is 0 Å². The number of rotatable bonds is 6. The van der Waals surface area contributed by atoms with Crippen LogP contribution in [0.25, 0.3) is 10.9 Å². The topological polar surface area (TPSA) is 120 Å². The lowest BCUT2D eigenvalue weighted by molar-refractivity contribution is -0.274. The first-order chi connectivity index (χ1) is 21.0. The fourth-order valence-electron chi connectivity index (χ4n) is 7.08. The van der Waals surface area contributed by atoms with E-state index in [1.807, 2.05) is 4.90 Å². The monoisotopic (exact) mass is 639 g/mol. The Hall–Kier alpha value is -3.43. The van der Waals surface area contributed by atoms with Crippen LogP contribution in [0.3, 0.4) is 0 Å². The van der Waals surface area contributed by atoms with Crippen molar-refractivity contribution in [3.8, 4) is 11.8 Å². The van der Waals surface area contributed by atoms with Crippen molar-refractivity contribution in [3.63, 3.8) is 0 Å². The molecule has 0 bridgehead atoms.